The molecule has 0 unspecified atom stereocenters. The van der Waals surface area contributed by atoms with Crippen LogP contribution in [0, 0.1) is 13.8 Å². The molecule has 120 valence electrons. The summed E-state index contributed by atoms with van der Waals surface area (Å²) in [4.78, 5) is 23.7. The van der Waals surface area contributed by atoms with Crippen LogP contribution in [0.4, 0.5) is 0 Å². The van der Waals surface area contributed by atoms with Crippen molar-refractivity contribution in [2.45, 2.75) is 32.4 Å². The Bertz CT molecular complexity index is 723. The second-order valence-corrected chi connectivity index (χ2v) is 5.64. The van der Waals surface area contributed by atoms with Gasteiger partial charge in [0.25, 0.3) is 0 Å². The second kappa shape index (κ2) is 6.24. The first-order valence-electron chi connectivity index (χ1n) is 7.49. The molecule has 6 nitrogen and oxygen atoms in total. The Morgan fingerprint density at radius 3 is 2.74 bits per heavy atom. The molecule has 2 aromatic rings. The van der Waals surface area contributed by atoms with Crippen molar-refractivity contribution < 1.29 is 19.1 Å². The number of ether oxygens (including phenoxy) is 2. The van der Waals surface area contributed by atoms with Crippen molar-refractivity contribution in [1.82, 2.24) is 9.78 Å². The van der Waals surface area contributed by atoms with Crippen molar-refractivity contribution in [2.75, 3.05) is 6.61 Å². The number of esters is 2. The van der Waals surface area contributed by atoms with Crippen LogP contribution >= 0.6 is 0 Å². The summed E-state index contributed by atoms with van der Waals surface area (Å²) in [5.74, 6) is -0.732. The third kappa shape index (κ3) is 3.26. The third-order valence-corrected chi connectivity index (χ3v) is 3.83. The summed E-state index contributed by atoms with van der Waals surface area (Å²) >= 11 is 0. The quantitative estimate of drug-likeness (QED) is 0.809. The molecule has 1 aliphatic heterocycles. The number of cyclic esters (lactones) is 1. The average Bonchev–Trinajstić information content (AvgIpc) is 3.07. The summed E-state index contributed by atoms with van der Waals surface area (Å²) in [6.45, 7) is 3.84. The molecule has 0 spiro atoms. The molecule has 1 aromatic carbocycles. The molecule has 1 aromatic heterocycles. The van der Waals surface area contributed by atoms with Gasteiger partial charge in [-0.05, 0) is 32.0 Å². The van der Waals surface area contributed by atoms with E-state index in [1.165, 1.54) is 0 Å². The van der Waals surface area contributed by atoms with Gasteiger partial charge in [-0.1, -0.05) is 18.2 Å². The summed E-state index contributed by atoms with van der Waals surface area (Å²) < 4.78 is 12.4. The van der Waals surface area contributed by atoms with Crippen molar-refractivity contribution in [3.63, 3.8) is 0 Å². The predicted molar refractivity (Wildman–Crippen MR) is 82.0 cm³/mol. The van der Waals surface area contributed by atoms with E-state index in [1.807, 2.05) is 26.0 Å². The van der Waals surface area contributed by atoms with Gasteiger partial charge in [-0.25, -0.2) is 4.79 Å². The Morgan fingerprint density at radius 1 is 1.35 bits per heavy atom. The number of aryl methyl sites for hydroxylation is 2. The summed E-state index contributed by atoms with van der Waals surface area (Å²) in [6, 6.07) is 10.4. The number of benzene rings is 1. The Labute approximate surface area is 134 Å². The van der Waals surface area contributed by atoms with E-state index in [9.17, 15) is 9.59 Å². The fourth-order valence-electron chi connectivity index (χ4n) is 2.78. The van der Waals surface area contributed by atoms with Crippen molar-refractivity contribution in [3.05, 3.63) is 53.3 Å². The van der Waals surface area contributed by atoms with Crippen LogP contribution in [-0.4, -0.2) is 34.4 Å². The molecule has 0 bridgehead atoms. The van der Waals surface area contributed by atoms with E-state index in [2.05, 4.69) is 5.10 Å². The number of carbonyl (C=O) groups excluding carboxylic acids is 2. The molecule has 1 saturated heterocycles. The lowest BCUT2D eigenvalue weighted by Crippen LogP contribution is -2.28. The normalized spacial score (nSPS) is 20.3. The van der Waals surface area contributed by atoms with Crippen LogP contribution in [0.1, 0.15) is 34.2 Å². The smallest absolute Gasteiger partial charge is 0.338 e. The molecule has 23 heavy (non-hydrogen) atoms. The number of hydrogen-bond acceptors (Lipinski definition) is 5. The highest BCUT2D eigenvalue weighted by Gasteiger charge is 2.38. The zero-order chi connectivity index (χ0) is 16.4. The van der Waals surface area contributed by atoms with Crippen LogP contribution in [0.15, 0.2) is 36.4 Å². The molecule has 0 amide bonds. The molecule has 1 aliphatic rings. The van der Waals surface area contributed by atoms with Crippen molar-refractivity contribution in [1.29, 1.82) is 0 Å². The van der Waals surface area contributed by atoms with Crippen LogP contribution in [0.25, 0.3) is 0 Å². The fourth-order valence-corrected chi connectivity index (χ4v) is 2.78. The van der Waals surface area contributed by atoms with Gasteiger partial charge in [0, 0.05) is 5.69 Å². The number of aromatic nitrogens is 2. The lowest BCUT2D eigenvalue weighted by molar-refractivity contribution is -0.143. The molecule has 0 saturated carbocycles. The molecular weight excluding hydrogens is 296 g/mol. The molecule has 2 heterocycles. The van der Waals surface area contributed by atoms with Gasteiger partial charge in [-0.3, -0.25) is 9.48 Å². The topological polar surface area (TPSA) is 70.4 Å². The van der Waals surface area contributed by atoms with E-state index in [0.717, 1.165) is 11.4 Å². The molecule has 0 N–H and O–H groups in total. The van der Waals surface area contributed by atoms with Crippen LogP contribution < -0.4 is 0 Å². The molecule has 2 atom stereocenters. The first-order valence-corrected chi connectivity index (χ1v) is 7.49. The van der Waals surface area contributed by atoms with E-state index in [0.29, 0.717) is 5.56 Å². The summed E-state index contributed by atoms with van der Waals surface area (Å²) in [5, 5.41) is 4.41. The van der Waals surface area contributed by atoms with Gasteiger partial charge in [0.2, 0.25) is 0 Å². The monoisotopic (exact) mass is 314 g/mol. The minimum Gasteiger partial charge on any atom is -0.458 e. The largest absolute Gasteiger partial charge is 0.458 e. The Balaban J connectivity index is 1.70. The van der Waals surface area contributed by atoms with Gasteiger partial charge < -0.3 is 9.47 Å². The number of nitrogens with zero attached hydrogens (tertiary/aromatic N) is 2. The van der Waals surface area contributed by atoms with Crippen molar-refractivity contribution in [3.8, 4) is 0 Å². The first kappa shape index (κ1) is 15.3. The summed E-state index contributed by atoms with van der Waals surface area (Å²) in [7, 11) is 0. The second-order valence-electron chi connectivity index (χ2n) is 5.64. The summed E-state index contributed by atoms with van der Waals surface area (Å²) in [6.07, 6.45) is -0.289. The Hall–Kier alpha value is -2.63. The van der Waals surface area contributed by atoms with Crippen molar-refractivity contribution >= 4 is 11.9 Å². The molecule has 6 heteroatoms. The van der Waals surface area contributed by atoms with E-state index in [4.69, 9.17) is 9.47 Å². The molecule has 3 rings (SSSR count). The van der Waals surface area contributed by atoms with Crippen LogP contribution in [-0.2, 0) is 14.3 Å². The zero-order valence-electron chi connectivity index (χ0n) is 13.1. The third-order valence-electron chi connectivity index (χ3n) is 3.83. The average molecular weight is 314 g/mol. The highest BCUT2D eigenvalue weighted by atomic mass is 16.6. The minimum atomic E-state index is -0.520. The molecular formula is C17H18N2O4. The molecule has 1 fully saturated rings. The number of rotatable bonds is 4. The van der Waals surface area contributed by atoms with Gasteiger partial charge in [-0.2, -0.15) is 5.10 Å². The molecule has 0 radical (unpaired) electrons. The maximum Gasteiger partial charge on any atom is 0.338 e. The number of hydrogen-bond donors (Lipinski definition) is 0. The zero-order valence-corrected chi connectivity index (χ0v) is 13.1. The van der Waals surface area contributed by atoms with Crippen molar-refractivity contribution in [2.24, 2.45) is 0 Å². The molecule has 0 aliphatic carbocycles. The van der Waals surface area contributed by atoms with Crippen LogP contribution in [0.3, 0.4) is 0 Å². The highest BCUT2D eigenvalue weighted by molar-refractivity contribution is 5.89. The van der Waals surface area contributed by atoms with E-state index in [-0.39, 0.29) is 25.0 Å². The van der Waals surface area contributed by atoms with Gasteiger partial charge in [0.1, 0.15) is 12.6 Å². The van der Waals surface area contributed by atoms with E-state index >= 15 is 0 Å². The van der Waals surface area contributed by atoms with Gasteiger partial charge in [0.05, 0.1) is 17.7 Å². The van der Waals surface area contributed by atoms with Crippen LogP contribution in [0.2, 0.25) is 0 Å². The Kier molecular flexibility index (Phi) is 4.14. The minimum absolute atomic E-state index is 0.0164. The lowest BCUT2D eigenvalue weighted by atomic mass is 10.1. The van der Waals surface area contributed by atoms with Gasteiger partial charge in [-0.15, -0.1) is 0 Å². The summed E-state index contributed by atoms with van der Waals surface area (Å²) in [5.41, 5.74) is 2.30. The van der Waals surface area contributed by atoms with E-state index in [1.54, 1.807) is 28.9 Å². The maximum absolute atomic E-state index is 12.0. The first-order chi connectivity index (χ1) is 11.0. The standard InChI is InChI=1S/C17H18N2O4/c1-11-8-12(2)19(18-11)14-9-16(20)23-15(14)10-22-17(21)13-6-4-3-5-7-13/h3-8,14-15H,9-10H2,1-2H3/t14-,15+/m1/s1. The van der Waals surface area contributed by atoms with Gasteiger partial charge in [0.15, 0.2) is 6.10 Å². The van der Waals surface area contributed by atoms with Gasteiger partial charge >= 0.3 is 11.9 Å². The SMILES string of the molecule is Cc1cc(C)n([C@@H]2CC(=O)O[C@H]2COC(=O)c2ccccc2)n1. The lowest BCUT2D eigenvalue weighted by Gasteiger charge is -2.19. The fraction of sp³-hybridized carbons (Fsp3) is 0.353. The predicted octanol–water partition coefficient (Wildman–Crippen LogP) is 2.21. The highest BCUT2D eigenvalue weighted by Crippen LogP contribution is 2.28. The van der Waals surface area contributed by atoms with E-state index < -0.39 is 12.1 Å². The Morgan fingerprint density at radius 2 is 2.09 bits per heavy atom. The number of carbonyl (C=O) groups is 2. The maximum atomic E-state index is 12.0. The van der Waals surface area contributed by atoms with Crippen LogP contribution in [0.5, 0.6) is 0 Å².